The van der Waals surface area contributed by atoms with Gasteiger partial charge in [0.05, 0.1) is 25.0 Å². The van der Waals surface area contributed by atoms with Crippen LogP contribution in [0, 0.1) is 0 Å². The maximum Gasteiger partial charge on any atom is 0.306 e. The van der Waals surface area contributed by atoms with Gasteiger partial charge in [0.15, 0.2) is 0 Å². The lowest BCUT2D eigenvalue weighted by atomic mass is 9.85. The first-order valence-electron chi connectivity index (χ1n) is 9.57. The molecule has 3 rings (SSSR count). The normalized spacial score (nSPS) is 18.2. The third kappa shape index (κ3) is 4.68. The Morgan fingerprint density at radius 3 is 2.64 bits per heavy atom. The average Bonchev–Trinajstić information content (AvgIpc) is 3.11. The number of ether oxygens (including phenoxy) is 1. The number of likely N-dealkylation sites (tertiary alicyclic amines) is 1. The standard InChI is InChI=1S/C20H26N4O4/c1-2-27-19(26)8-7-18(25)24-11-9-20(10-12-24)13-17(23-28-20)16-5-3-15(4-6-16)14-22-21/h3-6,14H,2,7-13,21H2,1H3. The van der Waals surface area contributed by atoms with Gasteiger partial charge in [0.2, 0.25) is 5.91 Å². The van der Waals surface area contributed by atoms with Crippen LogP contribution in [0.15, 0.2) is 34.5 Å². The molecule has 150 valence electrons. The molecule has 2 aliphatic heterocycles. The highest BCUT2D eigenvalue weighted by Gasteiger charge is 2.43. The van der Waals surface area contributed by atoms with Crippen molar-refractivity contribution in [1.29, 1.82) is 0 Å². The Morgan fingerprint density at radius 2 is 2.00 bits per heavy atom. The second kappa shape index (κ2) is 8.86. The monoisotopic (exact) mass is 386 g/mol. The van der Waals surface area contributed by atoms with Crippen LogP contribution in [0.5, 0.6) is 0 Å². The number of benzene rings is 1. The first-order valence-corrected chi connectivity index (χ1v) is 9.57. The number of rotatable bonds is 6. The number of hydrazone groups is 1. The van der Waals surface area contributed by atoms with Crippen molar-refractivity contribution in [1.82, 2.24) is 4.90 Å². The van der Waals surface area contributed by atoms with Crippen LogP contribution in [0.1, 0.15) is 50.2 Å². The SMILES string of the molecule is CCOC(=O)CCC(=O)N1CCC2(CC1)CC(c1ccc(C=NN)cc1)=NO2. The molecule has 1 saturated heterocycles. The van der Waals surface area contributed by atoms with E-state index in [1.165, 1.54) is 0 Å². The molecule has 0 radical (unpaired) electrons. The predicted octanol–water partition coefficient (Wildman–Crippen LogP) is 1.81. The zero-order valence-corrected chi connectivity index (χ0v) is 16.1. The fraction of sp³-hybridized carbons (Fsp3) is 0.500. The smallest absolute Gasteiger partial charge is 0.306 e. The zero-order valence-electron chi connectivity index (χ0n) is 16.1. The molecular formula is C20H26N4O4. The summed E-state index contributed by atoms with van der Waals surface area (Å²) in [6.07, 6.45) is 4.08. The summed E-state index contributed by atoms with van der Waals surface area (Å²) in [5.41, 5.74) is 2.51. The third-order valence-corrected chi connectivity index (χ3v) is 5.18. The van der Waals surface area contributed by atoms with Crippen LogP contribution < -0.4 is 5.84 Å². The minimum Gasteiger partial charge on any atom is -0.466 e. The molecule has 0 atom stereocenters. The van der Waals surface area contributed by atoms with Crippen LogP contribution in [0.25, 0.3) is 0 Å². The van der Waals surface area contributed by atoms with Gasteiger partial charge in [0.25, 0.3) is 0 Å². The molecule has 1 fully saturated rings. The van der Waals surface area contributed by atoms with Gasteiger partial charge in [-0.15, -0.1) is 0 Å². The van der Waals surface area contributed by atoms with E-state index in [0.29, 0.717) is 19.7 Å². The molecule has 0 aromatic heterocycles. The summed E-state index contributed by atoms with van der Waals surface area (Å²) in [4.78, 5) is 31.3. The fourth-order valence-corrected chi connectivity index (χ4v) is 3.56. The molecule has 0 saturated carbocycles. The van der Waals surface area contributed by atoms with Gasteiger partial charge in [-0.25, -0.2) is 0 Å². The number of hydrogen-bond acceptors (Lipinski definition) is 7. The molecule has 2 N–H and O–H groups in total. The first-order chi connectivity index (χ1) is 13.5. The quantitative estimate of drug-likeness (QED) is 0.347. The summed E-state index contributed by atoms with van der Waals surface area (Å²) in [6.45, 7) is 3.31. The van der Waals surface area contributed by atoms with Crippen LogP contribution in [-0.4, -0.2) is 54.0 Å². The molecule has 28 heavy (non-hydrogen) atoms. The van der Waals surface area contributed by atoms with E-state index in [1.807, 2.05) is 24.3 Å². The molecule has 1 amide bonds. The zero-order chi connectivity index (χ0) is 20.0. The van der Waals surface area contributed by atoms with Crippen LogP contribution in [0.4, 0.5) is 0 Å². The van der Waals surface area contributed by atoms with Crippen LogP contribution >= 0.6 is 0 Å². The number of carbonyl (C=O) groups is 2. The Kier molecular flexibility index (Phi) is 6.28. The van der Waals surface area contributed by atoms with E-state index in [-0.39, 0.29) is 30.3 Å². The lowest BCUT2D eigenvalue weighted by Crippen LogP contribution is -2.46. The van der Waals surface area contributed by atoms with Gasteiger partial charge in [0, 0.05) is 38.8 Å². The Balaban J connectivity index is 1.50. The van der Waals surface area contributed by atoms with E-state index in [1.54, 1.807) is 18.0 Å². The molecule has 1 spiro atoms. The number of esters is 1. The van der Waals surface area contributed by atoms with Crippen molar-refractivity contribution in [3.8, 4) is 0 Å². The van der Waals surface area contributed by atoms with Gasteiger partial charge in [-0.05, 0) is 18.1 Å². The van der Waals surface area contributed by atoms with Crippen LogP contribution in [-0.2, 0) is 19.2 Å². The highest BCUT2D eigenvalue weighted by Crippen LogP contribution is 2.36. The number of nitrogens with two attached hydrogens (primary N) is 1. The molecule has 2 aliphatic rings. The second-order valence-corrected chi connectivity index (χ2v) is 7.08. The van der Waals surface area contributed by atoms with Gasteiger partial charge in [-0.2, -0.15) is 5.10 Å². The summed E-state index contributed by atoms with van der Waals surface area (Å²) >= 11 is 0. The Bertz CT molecular complexity index is 765. The van der Waals surface area contributed by atoms with Gasteiger partial charge < -0.3 is 20.3 Å². The van der Waals surface area contributed by atoms with Crippen molar-refractivity contribution in [2.24, 2.45) is 16.1 Å². The molecular weight excluding hydrogens is 360 g/mol. The topological polar surface area (TPSA) is 107 Å². The molecule has 1 aromatic carbocycles. The van der Waals surface area contributed by atoms with Gasteiger partial charge in [-0.1, -0.05) is 29.4 Å². The van der Waals surface area contributed by atoms with Gasteiger partial charge in [0.1, 0.15) is 5.60 Å². The maximum atomic E-state index is 12.3. The minimum absolute atomic E-state index is 0.0146. The van der Waals surface area contributed by atoms with E-state index in [2.05, 4.69) is 10.3 Å². The summed E-state index contributed by atoms with van der Waals surface area (Å²) in [5.74, 6) is 4.83. The Morgan fingerprint density at radius 1 is 1.29 bits per heavy atom. The third-order valence-electron chi connectivity index (χ3n) is 5.18. The molecule has 0 unspecified atom stereocenters. The first kappa shape index (κ1) is 19.9. The predicted molar refractivity (Wildman–Crippen MR) is 105 cm³/mol. The highest BCUT2D eigenvalue weighted by molar-refractivity contribution is 6.02. The Hall–Kier alpha value is -2.90. The minimum atomic E-state index is -0.343. The molecule has 0 aliphatic carbocycles. The largest absolute Gasteiger partial charge is 0.466 e. The molecule has 8 heteroatoms. The number of oxime groups is 1. The highest BCUT2D eigenvalue weighted by atomic mass is 16.7. The van der Waals surface area contributed by atoms with Gasteiger partial charge >= 0.3 is 5.97 Å². The molecule has 0 bridgehead atoms. The van der Waals surface area contributed by atoms with Crippen molar-refractivity contribution in [3.05, 3.63) is 35.4 Å². The molecule has 2 heterocycles. The van der Waals surface area contributed by atoms with Crippen LogP contribution in [0.3, 0.4) is 0 Å². The van der Waals surface area contributed by atoms with Crippen molar-refractivity contribution in [3.63, 3.8) is 0 Å². The fourth-order valence-electron chi connectivity index (χ4n) is 3.56. The van der Waals surface area contributed by atoms with Crippen molar-refractivity contribution in [2.45, 2.75) is 44.6 Å². The summed E-state index contributed by atoms with van der Waals surface area (Å²) < 4.78 is 4.87. The number of carbonyl (C=O) groups excluding carboxylic acids is 2. The van der Waals surface area contributed by atoms with E-state index in [0.717, 1.165) is 36.1 Å². The van der Waals surface area contributed by atoms with Crippen molar-refractivity contribution < 1.29 is 19.2 Å². The summed E-state index contributed by atoms with van der Waals surface area (Å²) in [6, 6.07) is 7.83. The second-order valence-electron chi connectivity index (χ2n) is 7.08. The number of hydrogen-bond donors (Lipinski definition) is 1. The summed E-state index contributed by atoms with van der Waals surface area (Å²) in [7, 11) is 0. The summed E-state index contributed by atoms with van der Waals surface area (Å²) in [5, 5.41) is 7.82. The van der Waals surface area contributed by atoms with Gasteiger partial charge in [-0.3, -0.25) is 9.59 Å². The number of piperidine rings is 1. The number of nitrogens with zero attached hydrogens (tertiary/aromatic N) is 3. The maximum absolute atomic E-state index is 12.3. The van der Waals surface area contributed by atoms with Crippen molar-refractivity contribution >= 4 is 23.8 Å². The molecule has 1 aromatic rings. The van der Waals surface area contributed by atoms with Crippen LogP contribution in [0.2, 0.25) is 0 Å². The van der Waals surface area contributed by atoms with E-state index >= 15 is 0 Å². The van der Waals surface area contributed by atoms with E-state index in [4.69, 9.17) is 15.4 Å². The molecule has 8 nitrogen and oxygen atoms in total. The van der Waals surface area contributed by atoms with E-state index < -0.39 is 0 Å². The average molecular weight is 386 g/mol. The van der Waals surface area contributed by atoms with E-state index in [9.17, 15) is 9.59 Å². The van der Waals surface area contributed by atoms with Crippen molar-refractivity contribution in [2.75, 3.05) is 19.7 Å². The Labute approximate surface area is 164 Å². The lowest BCUT2D eigenvalue weighted by Gasteiger charge is -2.37. The number of amides is 1. The lowest BCUT2D eigenvalue weighted by molar-refractivity contribution is -0.147.